The van der Waals surface area contributed by atoms with Gasteiger partial charge >= 0.3 is 0 Å². The molecule has 0 saturated carbocycles. The van der Waals surface area contributed by atoms with Crippen LogP contribution in [0.1, 0.15) is 17.5 Å². The number of aryl methyl sites for hydroxylation is 1. The summed E-state index contributed by atoms with van der Waals surface area (Å²) in [5.41, 5.74) is 1.68. The van der Waals surface area contributed by atoms with Crippen molar-refractivity contribution in [2.75, 3.05) is 6.61 Å². The van der Waals surface area contributed by atoms with E-state index >= 15 is 0 Å². The van der Waals surface area contributed by atoms with Crippen LogP contribution < -0.4 is 4.74 Å². The van der Waals surface area contributed by atoms with Crippen LogP contribution in [0.3, 0.4) is 0 Å². The fourth-order valence-electron chi connectivity index (χ4n) is 1.96. The molecular formula is C17H17FO2. The summed E-state index contributed by atoms with van der Waals surface area (Å²) in [6, 6.07) is 13.9. The molecule has 0 aliphatic heterocycles. The predicted octanol–water partition coefficient (Wildman–Crippen LogP) is 3.71. The first-order chi connectivity index (χ1) is 9.65. The van der Waals surface area contributed by atoms with Crippen LogP contribution in [0.4, 0.5) is 4.39 Å². The van der Waals surface area contributed by atoms with E-state index in [1.807, 2.05) is 37.3 Å². The molecule has 2 nitrogen and oxygen atoms in total. The number of benzene rings is 2. The number of ether oxygens (including phenoxy) is 1. The molecule has 0 fully saturated rings. The van der Waals surface area contributed by atoms with Crippen molar-refractivity contribution in [3.8, 4) is 5.75 Å². The third-order valence-electron chi connectivity index (χ3n) is 3.09. The van der Waals surface area contributed by atoms with E-state index in [9.17, 15) is 9.18 Å². The lowest BCUT2D eigenvalue weighted by atomic mass is 10.0. The van der Waals surface area contributed by atoms with Crippen LogP contribution in [-0.2, 0) is 11.2 Å². The van der Waals surface area contributed by atoms with Crippen molar-refractivity contribution in [2.24, 2.45) is 0 Å². The van der Waals surface area contributed by atoms with Crippen molar-refractivity contribution in [3.05, 3.63) is 65.5 Å². The number of hydrogen-bond donors (Lipinski definition) is 0. The molecule has 0 aromatic heterocycles. The Morgan fingerprint density at radius 1 is 1.15 bits per heavy atom. The summed E-state index contributed by atoms with van der Waals surface area (Å²) in [5.74, 6) is 0.583. The third kappa shape index (κ3) is 4.19. The minimum Gasteiger partial charge on any atom is -0.493 e. The van der Waals surface area contributed by atoms with Crippen LogP contribution in [0.5, 0.6) is 5.75 Å². The molecule has 2 aromatic carbocycles. The molecule has 0 N–H and O–H groups in total. The Balaban J connectivity index is 1.81. The minimum atomic E-state index is -0.272. The zero-order valence-electron chi connectivity index (χ0n) is 11.4. The van der Waals surface area contributed by atoms with E-state index in [1.165, 1.54) is 12.1 Å². The summed E-state index contributed by atoms with van der Waals surface area (Å²) in [4.78, 5) is 11.9. The van der Waals surface area contributed by atoms with Gasteiger partial charge in [-0.2, -0.15) is 0 Å². The van der Waals surface area contributed by atoms with Gasteiger partial charge in [0.25, 0.3) is 0 Å². The molecule has 2 rings (SSSR count). The van der Waals surface area contributed by atoms with Crippen LogP contribution in [0.15, 0.2) is 48.5 Å². The Morgan fingerprint density at radius 3 is 2.60 bits per heavy atom. The highest BCUT2D eigenvalue weighted by Gasteiger charge is 2.07. The minimum absolute atomic E-state index is 0.0932. The Hall–Kier alpha value is -2.16. The SMILES string of the molecule is Cc1cc(F)ccc1CC(=O)CCOc1ccccc1. The van der Waals surface area contributed by atoms with Gasteiger partial charge in [0.2, 0.25) is 0 Å². The van der Waals surface area contributed by atoms with E-state index < -0.39 is 0 Å². The van der Waals surface area contributed by atoms with E-state index in [2.05, 4.69) is 0 Å². The van der Waals surface area contributed by atoms with Gasteiger partial charge in [0.1, 0.15) is 17.3 Å². The van der Waals surface area contributed by atoms with Gasteiger partial charge in [-0.1, -0.05) is 24.3 Å². The van der Waals surface area contributed by atoms with Gasteiger partial charge in [0, 0.05) is 12.8 Å². The third-order valence-corrected chi connectivity index (χ3v) is 3.09. The van der Waals surface area contributed by atoms with Crippen LogP contribution in [-0.4, -0.2) is 12.4 Å². The van der Waals surface area contributed by atoms with Crippen molar-refractivity contribution >= 4 is 5.78 Å². The van der Waals surface area contributed by atoms with Gasteiger partial charge in [0.05, 0.1) is 6.61 Å². The lowest BCUT2D eigenvalue weighted by Gasteiger charge is -2.07. The molecule has 0 heterocycles. The molecule has 0 saturated heterocycles. The molecule has 2 aromatic rings. The number of carbonyl (C=O) groups excluding carboxylic acids is 1. The molecule has 3 heteroatoms. The summed E-state index contributed by atoms with van der Waals surface area (Å²) in [5, 5.41) is 0. The zero-order valence-corrected chi connectivity index (χ0v) is 11.4. The van der Waals surface area contributed by atoms with E-state index in [0.29, 0.717) is 19.4 Å². The van der Waals surface area contributed by atoms with Gasteiger partial charge in [-0.25, -0.2) is 4.39 Å². The molecule has 0 bridgehead atoms. The maximum absolute atomic E-state index is 13.0. The number of hydrogen-bond acceptors (Lipinski definition) is 2. The molecule has 20 heavy (non-hydrogen) atoms. The van der Waals surface area contributed by atoms with Gasteiger partial charge in [-0.3, -0.25) is 4.79 Å². The Bertz CT molecular complexity index is 579. The van der Waals surface area contributed by atoms with Crippen LogP contribution in [0.25, 0.3) is 0 Å². The normalized spacial score (nSPS) is 10.3. The predicted molar refractivity (Wildman–Crippen MR) is 76.4 cm³/mol. The number of halogens is 1. The first-order valence-corrected chi connectivity index (χ1v) is 6.60. The second kappa shape index (κ2) is 6.85. The second-order valence-electron chi connectivity index (χ2n) is 4.70. The lowest BCUT2D eigenvalue weighted by Crippen LogP contribution is -2.09. The van der Waals surface area contributed by atoms with E-state index in [1.54, 1.807) is 6.07 Å². The van der Waals surface area contributed by atoms with Gasteiger partial charge in [0.15, 0.2) is 0 Å². The maximum Gasteiger partial charge on any atom is 0.140 e. The first-order valence-electron chi connectivity index (χ1n) is 6.60. The maximum atomic E-state index is 13.0. The Kier molecular flexibility index (Phi) is 4.88. The quantitative estimate of drug-likeness (QED) is 0.801. The topological polar surface area (TPSA) is 26.3 Å². The standard InChI is InChI=1S/C17H17FO2/c1-13-11-15(18)8-7-14(13)12-16(19)9-10-20-17-5-3-2-4-6-17/h2-8,11H,9-10,12H2,1H3. The van der Waals surface area contributed by atoms with Crippen molar-refractivity contribution < 1.29 is 13.9 Å². The molecule has 0 aliphatic carbocycles. The van der Waals surface area contributed by atoms with Crippen molar-refractivity contribution in [3.63, 3.8) is 0 Å². The molecular weight excluding hydrogens is 255 g/mol. The summed E-state index contributed by atoms with van der Waals surface area (Å²) in [6.45, 7) is 2.18. The number of Topliss-reactive ketones (excluding diaryl/α,β-unsaturated/α-hetero) is 1. The molecule has 0 amide bonds. The first kappa shape index (κ1) is 14.3. The highest BCUT2D eigenvalue weighted by Crippen LogP contribution is 2.12. The fourth-order valence-corrected chi connectivity index (χ4v) is 1.96. The van der Waals surface area contributed by atoms with E-state index in [-0.39, 0.29) is 11.6 Å². The van der Waals surface area contributed by atoms with E-state index in [4.69, 9.17) is 4.74 Å². The molecule has 0 spiro atoms. The van der Waals surface area contributed by atoms with Crippen molar-refractivity contribution in [2.45, 2.75) is 19.8 Å². The number of ketones is 1. The summed E-state index contributed by atoms with van der Waals surface area (Å²) < 4.78 is 18.5. The van der Waals surface area contributed by atoms with Crippen LogP contribution in [0.2, 0.25) is 0 Å². The van der Waals surface area contributed by atoms with Crippen LogP contribution in [0, 0.1) is 12.7 Å². The van der Waals surface area contributed by atoms with E-state index in [0.717, 1.165) is 16.9 Å². The molecule has 0 aliphatic rings. The largest absolute Gasteiger partial charge is 0.493 e. The highest BCUT2D eigenvalue weighted by molar-refractivity contribution is 5.81. The fraction of sp³-hybridized carbons (Fsp3) is 0.235. The van der Waals surface area contributed by atoms with Crippen molar-refractivity contribution in [1.29, 1.82) is 0 Å². The molecule has 0 radical (unpaired) electrons. The number of rotatable bonds is 6. The van der Waals surface area contributed by atoms with Gasteiger partial charge in [-0.15, -0.1) is 0 Å². The molecule has 104 valence electrons. The average molecular weight is 272 g/mol. The van der Waals surface area contributed by atoms with Gasteiger partial charge in [-0.05, 0) is 42.3 Å². The summed E-state index contributed by atoms with van der Waals surface area (Å²) in [6.07, 6.45) is 0.677. The summed E-state index contributed by atoms with van der Waals surface area (Å²) >= 11 is 0. The Labute approximate surface area is 118 Å². The van der Waals surface area contributed by atoms with Gasteiger partial charge < -0.3 is 4.74 Å². The lowest BCUT2D eigenvalue weighted by molar-refractivity contribution is -0.118. The second-order valence-corrected chi connectivity index (χ2v) is 4.70. The zero-order chi connectivity index (χ0) is 14.4. The monoisotopic (exact) mass is 272 g/mol. The number of para-hydroxylation sites is 1. The highest BCUT2D eigenvalue weighted by atomic mass is 19.1. The van der Waals surface area contributed by atoms with Crippen molar-refractivity contribution in [1.82, 2.24) is 0 Å². The van der Waals surface area contributed by atoms with Crippen LogP contribution >= 0.6 is 0 Å². The molecule has 0 atom stereocenters. The number of carbonyl (C=O) groups is 1. The Morgan fingerprint density at radius 2 is 1.90 bits per heavy atom. The molecule has 0 unspecified atom stereocenters. The summed E-state index contributed by atoms with van der Waals surface area (Å²) in [7, 11) is 0. The average Bonchev–Trinajstić information content (AvgIpc) is 2.43. The smallest absolute Gasteiger partial charge is 0.140 e.